The van der Waals surface area contributed by atoms with Crippen LogP contribution in [0.2, 0.25) is 5.02 Å². The average Bonchev–Trinajstić information content (AvgIpc) is 2.53. The molecule has 0 aliphatic rings. The van der Waals surface area contributed by atoms with Gasteiger partial charge in [0, 0.05) is 17.3 Å². The normalized spacial score (nSPS) is 11.6. The molecule has 0 aliphatic carbocycles. The molecule has 7 heteroatoms. The van der Waals surface area contributed by atoms with Gasteiger partial charge in [0.05, 0.1) is 10.6 Å². The number of carbonyl (C=O) groups excluding carboxylic acids is 2. The van der Waals surface area contributed by atoms with Crippen LogP contribution in [0.25, 0.3) is 6.08 Å². The van der Waals surface area contributed by atoms with Crippen LogP contribution in [0.5, 0.6) is 0 Å². The summed E-state index contributed by atoms with van der Waals surface area (Å²) in [6.45, 7) is 1.43. The molecule has 0 saturated heterocycles. The van der Waals surface area contributed by atoms with Gasteiger partial charge in [-0.15, -0.1) is 0 Å². The molecule has 0 fully saturated rings. The number of halogens is 4. The Morgan fingerprint density at radius 2 is 1.72 bits per heavy atom. The van der Waals surface area contributed by atoms with Gasteiger partial charge in [0.1, 0.15) is 0 Å². The van der Waals surface area contributed by atoms with Gasteiger partial charge < -0.3 is 5.32 Å². The average molecular weight is 368 g/mol. The predicted octanol–water partition coefficient (Wildman–Crippen LogP) is 5.21. The van der Waals surface area contributed by atoms with Crippen molar-refractivity contribution in [2.45, 2.75) is 13.1 Å². The number of benzene rings is 2. The Morgan fingerprint density at radius 1 is 1.08 bits per heavy atom. The number of amides is 1. The molecule has 130 valence electrons. The summed E-state index contributed by atoms with van der Waals surface area (Å²) in [4.78, 5) is 23.0. The summed E-state index contributed by atoms with van der Waals surface area (Å²) in [5, 5.41) is 2.15. The fourth-order valence-electron chi connectivity index (χ4n) is 2.01. The summed E-state index contributed by atoms with van der Waals surface area (Å²) in [5.41, 5.74) is 0.205. The number of ketones is 1. The topological polar surface area (TPSA) is 46.2 Å². The predicted molar refractivity (Wildman–Crippen MR) is 90.6 cm³/mol. The summed E-state index contributed by atoms with van der Waals surface area (Å²) in [7, 11) is 0. The number of carbonyl (C=O) groups is 2. The van der Waals surface area contributed by atoms with Gasteiger partial charge in [0.25, 0.3) is 0 Å². The van der Waals surface area contributed by atoms with Crippen LogP contribution < -0.4 is 5.32 Å². The molecule has 0 aromatic heterocycles. The molecule has 0 spiro atoms. The molecule has 0 radical (unpaired) electrons. The molecule has 1 N–H and O–H groups in total. The quantitative estimate of drug-likeness (QED) is 0.595. The first-order valence-electron chi connectivity index (χ1n) is 7.13. The highest BCUT2D eigenvalue weighted by Gasteiger charge is 2.33. The number of hydrogen-bond donors (Lipinski definition) is 1. The van der Waals surface area contributed by atoms with Crippen molar-refractivity contribution in [1.82, 2.24) is 0 Å². The van der Waals surface area contributed by atoms with Crippen LogP contribution >= 0.6 is 11.6 Å². The number of rotatable bonds is 4. The Hall–Kier alpha value is -2.60. The smallest absolute Gasteiger partial charge is 0.323 e. The third kappa shape index (κ3) is 5.19. The minimum atomic E-state index is -4.57. The van der Waals surface area contributed by atoms with Gasteiger partial charge in [-0.05, 0) is 55.0 Å². The van der Waals surface area contributed by atoms with E-state index in [4.69, 9.17) is 11.6 Å². The van der Waals surface area contributed by atoms with E-state index < -0.39 is 22.7 Å². The SMILES string of the molecule is CC(=O)c1ccc(NC(=O)/C=C/c2ccc(Cl)c(C(F)(F)F)c2)cc1. The van der Waals surface area contributed by atoms with Crippen molar-refractivity contribution in [1.29, 1.82) is 0 Å². The summed E-state index contributed by atoms with van der Waals surface area (Å²) >= 11 is 5.54. The third-order valence-corrected chi connectivity index (χ3v) is 3.61. The number of anilines is 1. The maximum absolute atomic E-state index is 12.8. The van der Waals surface area contributed by atoms with Gasteiger partial charge in [0.2, 0.25) is 5.91 Å². The second kappa shape index (κ2) is 7.53. The fraction of sp³-hybridized carbons (Fsp3) is 0.111. The molecule has 0 atom stereocenters. The van der Waals surface area contributed by atoms with Crippen LogP contribution in [-0.4, -0.2) is 11.7 Å². The molecule has 0 aliphatic heterocycles. The monoisotopic (exact) mass is 367 g/mol. The summed E-state index contributed by atoms with van der Waals surface area (Å²) in [6.07, 6.45) is -2.20. The Labute approximate surface area is 147 Å². The van der Waals surface area contributed by atoms with Gasteiger partial charge in [0.15, 0.2) is 5.78 Å². The van der Waals surface area contributed by atoms with E-state index in [1.165, 1.54) is 19.1 Å². The first kappa shape index (κ1) is 18.7. The molecule has 0 unspecified atom stereocenters. The molecule has 0 heterocycles. The minimum Gasteiger partial charge on any atom is -0.323 e. The van der Waals surface area contributed by atoms with Gasteiger partial charge in [-0.1, -0.05) is 17.7 Å². The van der Waals surface area contributed by atoms with E-state index in [-0.39, 0.29) is 11.3 Å². The van der Waals surface area contributed by atoms with Crippen LogP contribution in [0.3, 0.4) is 0 Å². The van der Waals surface area contributed by atoms with Crippen LogP contribution in [0.1, 0.15) is 28.4 Å². The van der Waals surface area contributed by atoms with E-state index >= 15 is 0 Å². The molecule has 2 aromatic carbocycles. The summed E-state index contributed by atoms with van der Waals surface area (Å²) in [6, 6.07) is 9.63. The fourth-order valence-corrected chi connectivity index (χ4v) is 2.23. The summed E-state index contributed by atoms with van der Waals surface area (Å²) < 4.78 is 38.4. The molecule has 0 saturated carbocycles. The molecule has 3 nitrogen and oxygen atoms in total. The lowest BCUT2D eigenvalue weighted by molar-refractivity contribution is -0.137. The van der Waals surface area contributed by atoms with Crippen molar-refractivity contribution in [3.05, 3.63) is 70.3 Å². The highest BCUT2D eigenvalue weighted by atomic mass is 35.5. The van der Waals surface area contributed by atoms with Crippen molar-refractivity contribution < 1.29 is 22.8 Å². The first-order valence-corrected chi connectivity index (χ1v) is 7.51. The highest BCUT2D eigenvalue weighted by Crippen LogP contribution is 2.35. The van der Waals surface area contributed by atoms with E-state index in [1.807, 2.05) is 0 Å². The van der Waals surface area contributed by atoms with Gasteiger partial charge >= 0.3 is 6.18 Å². The van der Waals surface area contributed by atoms with Crippen LogP contribution in [0, 0.1) is 0 Å². The molecule has 25 heavy (non-hydrogen) atoms. The zero-order valence-corrected chi connectivity index (χ0v) is 13.8. The van der Waals surface area contributed by atoms with Crippen LogP contribution in [0.15, 0.2) is 48.5 Å². The van der Waals surface area contributed by atoms with E-state index in [1.54, 1.807) is 24.3 Å². The highest BCUT2D eigenvalue weighted by molar-refractivity contribution is 6.31. The van der Waals surface area contributed by atoms with E-state index in [0.717, 1.165) is 18.2 Å². The zero-order chi connectivity index (χ0) is 18.6. The number of Topliss-reactive ketones (excluding diaryl/α,β-unsaturated/α-hetero) is 1. The van der Waals surface area contributed by atoms with Crippen LogP contribution in [-0.2, 0) is 11.0 Å². The lowest BCUT2D eigenvalue weighted by Gasteiger charge is -2.09. The maximum Gasteiger partial charge on any atom is 0.417 e. The minimum absolute atomic E-state index is 0.0963. The Bertz CT molecular complexity index is 827. The maximum atomic E-state index is 12.8. The molecule has 1 amide bonds. The van der Waals surface area contributed by atoms with E-state index in [2.05, 4.69) is 5.32 Å². The van der Waals surface area contributed by atoms with Crippen molar-refractivity contribution in [3.63, 3.8) is 0 Å². The van der Waals surface area contributed by atoms with E-state index in [9.17, 15) is 22.8 Å². The second-order valence-electron chi connectivity index (χ2n) is 5.19. The lowest BCUT2D eigenvalue weighted by Crippen LogP contribution is -2.08. The molecule has 0 bridgehead atoms. The number of nitrogens with one attached hydrogen (secondary N) is 1. The van der Waals surface area contributed by atoms with E-state index in [0.29, 0.717) is 11.3 Å². The number of alkyl halides is 3. The molecular weight excluding hydrogens is 355 g/mol. The second-order valence-corrected chi connectivity index (χ2v) is 5.60. The van der Waals surface area contributed by atoms with Gasteiger partial charge in [-0.3, -0.25) is 9.59 Å². The van der Waals surface area contributed by atoms with Gasteiger partial charge in [-0.2, -0.15) is 13.2 Å². The molecule has 2 aromatic rings. The van der Waals surface area contributed by atoms with Gasteiger partial charge in [-0.25, -0.2) is 0 Å². The number of hydrogen-bond acceptors (Lipinski definition) is 2. The molecular formula is C18H13ClF3NO2. The van der Waals surface area contributed by atoms with Crippen LogP contribution in [0.4, 0.5) is 18.9 Å². The van der Waals surface area contributed by atoms with Crippen molar-refractivity contribution >= 4 is 35.1 Å². The molecule has 2 rings (SSSR count). The standard InChI is InChI=1S/C18H13ClF3NO2/c1-11(24)13-4-6-14(7-5-13)23-17(25)9-3-12-2-8-16(19)15(10-12)18(20,21)22/h2-10H,1H3,(H,23,25)/b9-3+. The Morgan fingerprint density at radius 3 is 2.28 bits per heavy atom. The van der Waals surface area contributed by atoms with Crippen molar-refractivity contribution in [3.8, 4) is 0 Å². The van der Waals surface area contributed by atoms with Crippen molar-refractivity contribution in [2.75, 3.05) is 5.32 Å². The first-order chi connectivity index (χ1) is 11.7. The largest absolute Gasteiger partial charge is 0.417 e. The Balaban J connectivity index is 2.09. The third-order valence-electron chi connectivity index (χ3n) is 3.28. The van der Waals surface area contributed by atoms with Crippen molar-refractivity contribution in [2.24, 2.45) is 0 Å². The Kier molecular flexibility index (Phi) is 5.64. The zero-order valence-electron chi connectivity index (χ0n) is 13.0. The lowest BCUT2D eigenvalue weighted by atomic mass is 10.1. The summed E-state index contributed by atoms with van der Waals surface area (Å²) in [5.74, 6) is -0.611.